The maximum Gasteiger partial charge on any atom is 0.339 e. The standard InChI is InChI=1S/C22H27N3O4/c1-28-18-9-7-17(8-10-18)24-13-15-25(16-14-24)21(26)11-12-23-20-6-4-3-5-19(20)22(27)29-2/h3-10,23H,11-16H2,1-2H3. The highest BCUT2D eigenvalue weighted by molar-refractivity contribution is 5.95. The molecule has 1 heterocycles. The monoisotopic (exact) mass is 397 g/mol. The number of esters is 1. The predicted octanol–water partition coefficient (Wildman–Crippen LogP) is 2.63. The first-order valence-electron chi connectivity index (χ1n) is 9.70. The van der Waals surface area contributed by atoms with Gasteiger partial charge in [-0.2, -0.15) is 0 Å². The number of anilines is 2. The van der Waals surface area contributed by atoms with Gasteiger partial charge in [0.2, 0.25) is 5.91 Å². The van der Waals surface area contributed by atoms with Crippen molar-refractivity contribution in [2.75, 3.05) is 57.2 Å². The van der Waals surface area contributed by atoms with Gasteiger partial charge in [0.25, 0.3) is 0 Å². The molecule has 29 heavy (non-hydrogen) atoms. The Hall–Kier alpha value is -3.22. The Bertz CT molecular complexity index is 830. The first-order valence-corrected chi connectivity index (χ1v) is 9.70. The zero-order chi connectivity index (χ0) is 20.6. The zero-order valence-electron chi connectivity index (χ0n) is 16.9. The minimum absolute atomic E-state index is 0.113. The van der Waals surface area contributed by atoms with Crippen LogP contribution in [0.25, 0.3) is 0 Å². The normalized spacial score (nSPS) is 13.7. The Balaban J connectivity index is 1.46. The van der Waals surface area contributed by atoms with E-state index >= 15 is 0 Å². The number of rotatable bonds is 7. The van der Waals surface area contributed by atoms with Gasteiger partial charge in [0, 0.05) is 50.5 Å². The van der Waals surface area contributed by atoms with Crippen LogP contribution in [0.5, 0.6) is 5.75 Å². The van der Waals surface area contributed by atoms with E-state index in [1.54, 1.807) is 19.2 Å². The number of methoxy groups -OCH3 is 2. The summed E-state index contributed by atoms with van der Waals surface area (Å²) in [5.41, 5.74) is 2.28. The van der Waals surface area contributed by atoms with E-state index in [-0.39, 0.29) is 5.91 Å². The van der Waals surface area contributed by atoms with Crippen molar-refractivity contribution >= 4 is 23.3 Å². The summed E-state index contributed by atoms with van der Waals surface area (Å²) in [5.74, 6) is 0.556. The molecule has 0 aromatic heterocycles. The third kappa shape index (κ3) is 5.19. The van der Waals surface area contributed by atoms with E-state index in [9.17, 15) is 9.59 Å². The Morgan fingerprint density at radius 2 is 1.66 bits per heavy atom. The third-order valence-corrected chi connectivity index (χ3v) is 5.06. The highest BCUT2D eigenvalue weighted by Crippen LogP contribution is 2.21. The van der Waals surface area contributed by atoms with Crippen LogP contribution in [-0.4, -0.2) is 63.7 Å². The van der Waals surface area contributed by atoms with Gasteiger partial charge in [0.1, 0.15) is 5.75 Å². The molecule has 7 heteroatoms. The largest absolute Gasteiger partial charge is 0.497 e. The minimum Gasteiger partial charge on any atom is -0.497 e. The topological polar surface area (TPSA) is 71.1 Å². The van der Waals surface area contributed by atoms with Crippen molar-refractivity contribution < 1.29 is 19.1 Å². The Morgan fingerprint density at radius 3 is 2.31 bits per heavy atom. The van der Waals surface area contributed by atoms with Crippen LogP contribution in [0, 0.1) is 0 Å². The number of ether oxygens (including phenoxy) is 2. The molecular weight excluding hydrogens is 370 g/mol. The highest BCUT2D eigenvalue weighted by atomic mass is 16.5. The van der Waals surface area contributed by atoms with Crippen LogP contribution in [0.3, 0.4) is 0 Å². The average molecular weight is 397 g/mol. The van der Waals surface area contributed by atoms with Crippen molar-refractivity contribution in [3.05, 3.63) is 54.1 Å². The smallest absolute Gasteiger partial charge is 0.339 e. The molecule has 1 N–H and O–H groups in total. The van der Waals surface area contributed by atoms with Gasteiger partial charge in [-0.1, -0.05) is 12.1 Å². The Labute approximate surface area is 171 Å². The first-order chi connectivity index (χ1) is 14.1. The summed E-state index contributed by atoms with van der Waals surface area (Å²) in [6.45, 7) is 3.46. The minimum atomic E-state index is -0.394. The molecule has 0 saturated carbocycles. The van der Waals surface area contributed by atoms with Crippen LogP contribution in [-0.2, 0) is 9.53 Å². The van der Waals surface area contributed by atoms with Crippen LogP contribution in [0.15, 0.2) is 48.5 Å². The molecule has 2 aromatic carbocycles. The van der Waals surface area contributed by atoms with Gasteiger partial charge in [0.15, 0.2) is 0 Å². The van der Waals surface area contributed by atoms with Crippen molar-refractivity contribution in [3.8, 4) is 5.75 Å². The quantitative estimate of drug-likeness (QED) is 0.725. The lowest BCUT2D eigenvalue weighted by Gasteiger charge is -2.36. The van der Waals surface area contributed by atoms with E-state index in [1.807, 2.05) is 41.3 Å². The molecule has 0 atom stereocenters. The number of para-hydroxylation sites is 1. The summed E-state index contributed by atoms with van der Waals surface area (Å²) < 4.78 is 9.99. The van der Waals surface area contributed by atoms with Gasteiger partial charge < -0.3 is 24.6 Å². The SMILES string of the molecule is COC(=O)c1ccccc1NCCC(=O)N1CCN(c2ccc(OC)cc2)CC1. The Morgan fingerprint density at radius 1 is 0.966 bits per heavy atom. The number of nitrogens with one attached hydrogen (secondary N) is 1. The lowest BCUT2D eigenvalue weighted by molar-refractivity contribution is -0.131. The summed E-state index contributed by atoms with van der Waals surface area (Å²) in [5, 5.41) is 3.17. The number of benzene rings is 2. The molecule has 0 unspecified atom stereocenters. The van der Waals surface area contributed by atoms with E-state index in [0.29, 0.717) is 37.3 Å². The number of hydrogen-bond donors (Lipinski definition) is 1. The molecule has 0 radical (unpaired) electrons. The van der Waals surface area contributed by atoms with Gasteiger partial charge >= 0.3 is 5.97 Å². The van der Waals surface area contributed by atoms with E-state index in [2.05, 4.69) is 10.2 Å². The van der Waals surface area contributed by atoms with E-state index in [1.165, 1.54) is 7.11 Å². The van der Waals surface area contributed by atoms with Crippen molar-refractivity contribution in [3.63, 3.8) is 0 Å². The second-order valence-corrected chi connectivity index (χ2v) is 6.78. The first kappa shape index (κ1) is 20.5. The molecule has 1 aliphatic rings. The second kappa shape index (κ2) is 9.82. The summed E-state index contributed by atoms with van der Waals surface area (Å²) in [6.07, 6.45) is 0.373. The van der Waals surface area contributed by atoms with Crippen LogP contribution in [0.1, 0.15) is 16.8 Å². The van der Waals surface area contributed by atoms with Gasteiger partial charge in [-0.3, -0.25) is 4.79 Å². The molecule has 1 fully saturated rings. The molecule has 1 saturated heterocycles. The molecule has 2 aromatic rings. The molecular formula is C22H27N3O4. The average Bonchev–Trinajstić information content (AvgIpc) is 2.79. The van der Waals surface area contributed by atoms with Crippen molar-refractivity contribution in [1.29, 1.82) is 0 Å². The number of piperazine rings is 1. The molecule has 1 aliphatic heterocycles. The van der Waals surface area contributed by atoms with Gasteiger partial charge in [-0.15, -0.1) is 0 Å². The van der Waals surface area contributed by atoms with E-state index in [0.717, 1.165) is 24.5 Å². The summed E-state index contributed by atoms with van der Waals surface area (Å²) in [6, 6.07) is 15.1. The second-order valence-electron chi connectivity index (χ2n) is 6.78. The van der Waals surface area contributed by atoms with Crippen molar-refractivity contribution in [2.24, 2.45) is 0 Å². The van der Waals surface area contributed by atoms with E-state index in [4.69, 9.17) is 9.47 Å². The molecule has 1 amide bonds. The number of carbonyl (C=O) groups is 2. The fourth-order valence-electron chi connectivity index (χ4n) is 3.39. The van der Waals surface area contributed by atoms with Crippen LogP contribution in [0.2, 0.25) is 0 Å². The highest BCUT2D eigenvalue weighted by Gasteiger charge is 2.21. The maximum atomic E-state index is 12.5. The van der Waals surface area contributed by atoms with Crippen molar-refractivity contribution in [1.82, 2.24) is 4.90 Å². The van der Waals surface area contributed by atoms with Crippen molar-refractivity contribution in [2.45, 2.75) is 6.42 Å². The molecule has 0 bridgehead atoms. The molecule has 3 rings (SSSR count). The molecule has 0 spiro atoms. The number of hydrogen-bond acceptors (Lipinski definition) is 6. The Kier molecular flexibility index (Phi) is 6.94. The fraction of sp³-hybridized carbons (Fsp3) is 0.364. The number of amides is 1. The summed E-state index contributed by atoms with van der Waals surface area (Å²) in [4.78, 5) is 28.5. The van der Waals surface area contributed by atoms with Gasteiger partial charge in [0.05, 0.1) is 19.8 Å². The number of nitrogens with zero attached hydrogens (tertiary/aromatic N) is 2. The lowest BCUT2D eigenvalue weighted by Crippen LogP contribution is -2.49. The lowest BCUT2D eigenvalue weighted by atomic mass is 10.1. The van der Waals surface area contributed by atoms with Gasteiger partial charge in [-0.05, 0) is 36.4 Å². The molecule has 0 aliphatic carbocycles. The molecule has 7 nitrogen and oxygen atoms in total. The maximum absolute atomic E-state index is 12.5. The molecule has 154 valence electrons. The third-order valence-electron chi connectivity index (χ3n) is 5.06. The fourth-order valence-corrected chi connectivity index (χ4v) is 3.39. The zero-order valence-corrected chi connectivity index (χ0v) is 16.9. The summed E-state index contributed by atoms with van der Waals surface area (Å²) >= 11 is 0. The van der Waals surface area contributed by atoms with Crippen LogP contribution >= 0.6 is 0 Å². The number of carbonyl (C=O) groups excluding carboxylic acids is 2. The van der Waals surface area contributed by atoms with Gasteiger partial charge in [-0.25, -0.2) is 4.79 Å². The predicted molar refractivity (Wildman–Crippen MR) is 113 cm³/mol. The summed E-state index contributed by atoms with van der Waals surface area (Å²) in [7, 11) is 3.01. The van der Waals surface area contributed by atoms with Crippen LogP contribution in [0.4, 0.5) is 11.4 Å². The van der Waals surface area contributed by atoms with E-state index < -0.39 is 5.97 Å². The van der Waals surface area contributed by atoms with Crippen LogP contribution < -0.4 is 15.0 Å².